The molecule has 0 aromatic carbocycles. The summed E-state index contributed by atoms with van der Waals surface area (Å²) in [5.74, 6) is 0.564. The molecule has 0 radical (unpaired) electrons. The summed E-state index contributed by atoms with van der Waals surface area (Å²) in [4.78, 5) is 22.4. The lowest BCUT2D eigenvalue weighted by Gasteiger charge is -2.34. The molecule has 1 aliphatic rings. The molecular weight excluding hydrogens is 296 g/mol. The standard InChI is InChI=1S/C16H20N4O3/c1-2-22-11-16(21)19-8-13-7-17-12-20(13)14(9-19)10-23-15-5-3-4-6-18-15/h3-7,12,14H,2,8-11H2,1H3. The lowest BCUT2D eigenvalue weighted by Crippen LogP contribution is -2.44. The third kappa shape index (κ3) is 3.68. The molecule has 7 nitrogen and oxygen atoms in total. The van der Waals surface area contributed by atoms with Crippen LogP contribution in [0.3, 0.4) is 0 Å². The lowest BCUT2D eigenvalue weighted by molar-refractivity contribution is -0.138. The van der Waals surface area contributed by atoms with E-state index in [-0.39, 0.29) is 18.6 Å². The minimum Gasteiger partial charge on any atom is -0.475 e. The molecule has 1 amide bonds. The number of pyridine rings is 1. The first-order valence-corrected chi connectivity index (χ1v) is 7.68. The number of carbonyl (C=O) groups is 1. The summed E-state index contributed by atoms with van der Waals surface area (Å²) in [6.45, 7) is 4.07. The SMILES string of the molecule is CCOCC(=O)N1Cc2cncn2C(COc2ccccn2)C1. The number of ether oxygens (including phenoxy) is 2. The molecule has 2 aromatic heterocycles. The van der Waals surface area contributed by atoms with Crippen LogP contribution in [0.1, 0.15) is 18.7 Å². The van der Waals surface area contributed by atoms with Gasteiger partial charge in [-0.15, -0.1) is 0 Å². The van der Waals surface area contributed by atoms with Gasteiger partial charge in [0.05, 0.1) is 24.6 Å². The molecule has 122 valence electrons. The van der Waals surface area contributed by atoms with E-state index in [2.05, 4.69) is 14.5 Å². The highest BCUT2D eigenvalue weighted by atomic mass is 16.5. The summed E-state index contributed by atoms with van der Waals surface area (Å²) in [6.07, 6.45) is 5.26. The molecule has 0 aliphatic carbocycles. The van der Waals surface area contributed by atoms with Crippen molar-refractivity contribution < 1.29 is 14.3 Å². The zero-order valence-electron chi connectivity index (χ0n) is 13.1. The largest absolute Gasteiger partial charge is 0.475 e. The predicted molar refractivity (Wildman–Crippen MR) is 82.9 cm³/mol. The van der Waals surface area contributed by atoms with Gasteiger partial charge in [0, 0.05) is 31.6 Å². The maximum Gasteiger partial charge on any atom is 0.248 e. The second kappa shape index (κ2) is 7.23. The number of carbonyl (C=O) groups excluding carboxylic acids is 1. The van der Waals surface area contributed by atoms with Gasteiger partial charge in [0.15, 0.2) is 0 Å². The number of rotatable bonds is 6. The third-order valence-electron chi connectivity index (χ3n) is 3.77. The Morgan fingerprint density at radius 1 is 1.43 bits per heavy atom. The van der Waals surface area contributed by atoms with Gasteiger partial charge in [-0.05, 0) is 13.0 Å². The molecule has 0 bridgehead atoms. The van der Waals surface area contributed by atoms with Gasteiger partial charge in [-0.3, -0.25) is 4.79 Å². The van der Waals surface area contributed by atoms with E-state index in [9.17, 15) is 4.79 Å². The molecule has 0 saturated heterocycles. The van der Waals surface area contributed by atoms with Crippen molar-refractivity contribution in [3.8, 4) is 5.88 Å². The number of nitrogens with zero attached hydrogens (tertiary/aromatic N) is 4. The van der Waals surface area contributed by atoms with Crippen LogP contribution in [0.2, 0.25) is 0 Å². The van der Waals surface area contributed by atoms with E-state index in [0.29, 0.717) is 32.2 Å². The van der Waals surface area contributed by atoms with Gasteiger partial charge in [0.1, 0.15) is 13.2 Å². The summed E-state index contributed by atoms with van der Waals surface area (Å²) in [6, 6.07) is 5.54. The maximum absolute atomic E-state index is 12.2. The van der Waals surface area contributed by atoms with Gasteiger partial charge in [0.2, 0.25) is 11.8 Å². The van der Waals surface area contributed by atoms with E-state index in [1.165, 1.54) is 0 Å². The van der Waals surface area contributed by atoms with Crippen LogP contribution >= 0.6 is 0 Å². The average molecular weight is 316 g/mol. The monoisotopic (exact) mass is 316 g/mol. The van der Waals surface area contributed by atoms with Gasteiger partial charge in [-0.25, -0.2) is 9.97 Å². The van der Waals surface area contributed by atoms with E-state index >= 15 is 0 Å². The van der Waals surface area contributed by atoms with Crippen molar-refractivity contribution >= 4 is 5.91 Å². The number of hydrogen-bond donors (Lipinski definition) is 0. The number of amides is 1. The quantitative estimate of drug-likeness (QED) is 0.803. The summed E-state index contributed by atoms with van der Waals surface area (Å²) >= 11 is 0. The van der Waals surface area contributed by atoms with Gasteiger partial charge in [-0.2, -0.15) is 0 Å². The van der Waals surface area contributed by atoms with Crippen LogP contribution in [-0.4, -0.2) is 51.7 Å². The second-order valence-electron chi connectivity index (χ2n) is 5.34. The zero-order chi connectivity index (χ0) is 16.1. The Bertz CT molecular complexity index is 644. The number of fused-ring (bicyclic) bond motifs is 1. The van der Waals surface area contributed by atoms with Crippen molar-refractivity contribution in [1.29, 1.82) is 0 Å². The van der Waals surface area contributed by atoms with E-state index in [1.807, 2.05) is 25.1 Å². The molecule has 0 spiro atoms. The molecule has 0 fully saturated rings. The first kappa shape index (κ1) is 15.5. The van der Waals surface area contributed by atoms with Crippen LogP contribution in [0.4, 0.5) is 0 Å². The molecule has 1 unspecified atom stereocenters. The molecule has 3 heterocycles. The van der Waals surface area contributed by atoms with Crippen molar-refractivity contribution in [3.63, 3.8) is 0 Å². The molecule has 2 aromatic rings. The number of imidazole rings is 1. The summed E-state index contributed by atoms with van der Waals surface area (Å²) < 4.78 is 13.0. The first-order chi connectivity index (χ1) is 11.3. The Kier molecular flexibility index (Phi) is 4.87. The zero-order valence-corrected chi connectivity index (χ0v) is 13.1. The van der Waals surface area contributed by atoms with Crippen molar-refractivity contribution in [2.45, 2.75) is 19.5 Å². The highest BCUT2D eigenvalue weighted by Gasteiger charge is 2.28. The minimum absolute atomic E-state index is 0.00818. The Hall–Kier alpha value is -2.41. The predicted octanol–water partition coefficient (Wildman–Crippen LogP) is 1.28. The number of aromatic nitrogens is 3. The Balaban J connectivity index is 1.68. The van der Waals surface area contributed by atoms with Gasteiger partial charge in [-0.1, -0.05) is 6.07 Å². The minimum atomic E-state index is -0.0119. The van der Waals surface area contributed by atoms with Crippen molar-refractivity contribution in [2.75, 3.05) is 26.4 Å². The molecule has 1 aliphatic heterocycles. The maximum atomic E-state index is 12.2. The van der Waals surface area contributed by atoms with Crippen LogP contribution in [-0.2, 0) is 16.1 Å². The lowest BCUT2D eigenvalue weighted by atomic mass is 10.2. The van der Waals surface area contributed by atoms with E-state index in [0.717, 1.165) is 5.69 Å². The summed E-state index contributed by atoms with van der Waals surface area (Å²) in [7, 11) is 0. The molecular formula is C16H20N4O3. The fourth-order valence-corrected chi connectivity index (χ4v) is 2.60. The molecule has 7 heteroatoms. The molecule has 1 atom stereocenters. The van der Waals surface area contributed by atoms with Crippen LogP contribution in [0, 0.1) is 0 Å². The van der Waals surface area contributed by atoms with Crippen molar-refractivity contribution in [3.05, 3.63) is 42.6 Å². The van der Waals surface area contributed by atoms with Crippen LogP contribution in [0.15, 0.2) is 36.9 Å². The van der Waals surface area contributed by atoms with Crippen LogP contribution < -0.4 is 4.74 Å². The Morgan fingerprint density at radius 3 is 3.13 bits per heavy atom. The van der Waals surface area contributed by atoms with Crippen molar-refractivity contribution in [2.24, 2.45) is 0 Å². The fraction of sp³-hybridized carbons (Fsp3) is 0.438. The summed E-state index contributed by atoms with van der Waals surface area (Å²) in [5.41, 5.74) is 0.996. The van der Waals surface area contributed by atoms with E-state index in [4.69, 9.17) is 9.47 Å². The normalized spacial score (nSPS) is 16.9. The topological polar surface area (TPSA) is 69.5 Å². The highest BCUT2D eigenvalue weighted by molar-refractivity contribution is 5.77. The van der Waals surface area contributed by atoms with Gasteiger partial charge in [0.25, 0.3) is 0 Å². The third-order valence-corrected chi connectivity index (χ3v) is 3.77. The van der Waals surface area contributed by atoms with E-state index < -0.39 is 0 Å². The Morgan fingerprint density at radius 2 is 2.35 bits per heavy atom. The number of hydrogen-bond acceptors (Lipinski definition) is 5. The van der Waals surface area contributed by atoms with Gasteiger partial charge < -0.3 is 18.9 Å². The second-order valence-corrected chi connectivity index (χ2v) is 5.34. The van der Waals surface area contributed by atoms with Crippen LogP contribution in [0.25, 0.3) is 0 Å². The van der Waals surface area contributed by atoms with Crippen molar-refractivity contribution in [1.82, 2.24) is 19.4 Å². The smallest absolute Gasteiger partial charge is 0.248 e. The molecule has 3 rings (SSSR count). The summed E-state index contributed by atoms with van der Waals surface area (Å²) in [5, 5.41) is 0. The van der Waals surface area contributed by atoms with Gasteiger partial charge >= 0.3 is 0 Å². The highest BCUT2D eigenvalue weighted by Crippen LogP contribution is 2.22. The van der Waals surface area contributed by atoms with Crippen LogP contribution in [0.5, 0.6) is 5.88 Å². The van der Waals surface area contributed by atoms with E-state index in [1.54, 1.807) is 23.6 Å². The fourth-order valence-electron chi connectivity index (χ4n) is 2.60. The molecule has 23 heavy (non-hydrogen) atoms. The molecule has 0 saturated carbocycles. The molecule has 0 N–H and O–H groups in total. The Labute approximate surface area is 134 Å². The average Bonchev–Trinajstić information content (AvgIpc) is 3.07. The first-order valence-electron chi connectivity index (χ1n) is 7.68.